The Morgan fingerprint density at radius 3 is 1.81 bits per heavy atom. The van der Waals surface area contributed by atoms with Gasteiger partial charge in [-0.1, -0.05) is 12.1 Å². The van der Waals surface area contributed by atoms with Gasteiger partial charge in [0.1, 0.15) is 23.1 Å². The summed E-state index contributed by atoms with van der Waals surface area (Å²) in [4.78, 5) is 34.8. The normalized spacial score (nSPS) is 21.3. The van der Waals surface area contributed by atoms with Gasteiger partial charge in [-0.3, -0.25) is 9.59 Å². The summed E-state index contributed by atoms with van der Waals surface area (Å²) >= 11 is 0. The van der Waals surface area contributed by atoms with Gasteiger partial charge in [-0.2, -0.15) is 0 Å². The van der Waals surface area contributed by atoms with Crippen molar-refractivity contribution in [3.05, 3.63) is 59.2 Å². The molecule has 4 atom stereocenters. The smallest absolute Gasteiger partial charge is 0.481 e. The first-order chi connectivity index (χ1) is 21.4. The van der Waals surface area contributed by atoms with E-state index in [0.29, 0.717) is 31.5 Å². The van der Waals surface area contributed by atoms with Crippen molar-refractivity contribution in [2.45, 2.75) is 50.5 Å². The molecule has 2 aliphatic heterocycles. The molecule has 47 heavy (non-hydrogen) atoms. The molecule has 0 aliphatic carbocycles. The molecule has 10 nitrogen and oxygen atoms in total. The van der Waals surface area contributed by atoms with E-state index in [4.69, 9.17) is 5.11 Å². The SMILES string of the molecule is COC(=O)C1CCNC(c2ccc(OC(F)(F)F)cc2F)C1.Cl.O=C(O)C1CCN(C(=O)O)C(c2ccc(OC(F)(F)F)cc2F)C1. The number of nitrogens with zero attached hydrogens (tertiary/aromatic N) is 1. The largest absolute Gasteiger partial charge is 0.573 e. The molecule has 0 radical (unpaired) electrons. The van der Waals surface area contributed by atoms with Crippen LogP contribution in [0.15, 0.2) is 36.4 Å². The van der Waals surface area contributed by atoms with E-state index in [9.17, 15) is 54.6 Å². The maximum absolute atomic E-state index is 14.2. The lowest BCUT2D eigenvalue weighted by Gasteiger charge is -2.36. The molecule has 262 valence electrons. The molecule has 0 aromatic heterocycles. The number of halogens is 9. The quantitative estimate of drug-likeness (QED) is 0.224. The number of likely N-dealkylation sites (tertiary alicyclic amines) is 1. The summed E-state index contributed by atoms with van der Waals surface area (Å²) in [6.07, 6.45) is -10.4. The Bertz CT molecular complexity index is 1410. The number of carboxylic acids is 1. The highest BCUT2D eigenvalue weighted by Gasteiger charge is 2.38. The van der Waals surface area contributed by atoms with E-state index in [-0.39, 0.29) is 54.8 Å². The van der Waals surface area contributed by atoms with Crippen molar-refractivity contribution < 1.29 is 73.9 Å². The van der Waals surface area contributed by atoms with E-state index in [2.05, 4.69) is 19.5 Å². The summed E-state index contributed by atoms with van der Waals surface area (Å²) in [5, 5.41) is 21.3. The van der Waals surface area contributed by atoms with E-state index in [1.165, 1.54) is 13.2 Å². The molecule has 3 N–H and O–H groups in total. The van der Waals surface area contributed by atoms with Crippen molar-refractivity contribution in [2.24, 2.45) is 11.8 Å². The van der Waals surface area contributed by atoms with E-state index in [1.807, 2.05) is 0 Å². The molecule has 0 spiro atoms. The maximum atomic E-state index is 14.2. The van der Waals surface area contributed by atoms with Gasteiger partial charge in [0.25, 0.3) is 0 Å². The van der Waals surface area contributed by atoms with E-state index >= 15 is 0 Å². The number of methoxy groups -OCH3 is 1. The predicted octanol–water partition coefficient (Wildman–Crippen LogP) is 6.60. The van der Waals surface area contributed by atoms with Gasteiger partial charge in [0.2, 0.25) is 0 Å². The first-order valence-corrected chi connectivity index (χ1v) is 13.5. The molecule has 2 aromatic rings. The highest BCUT2D eigenvalue weighted by Crippen LogP contribution is 2.37. The Morgan fingerprint density at radius 1 is 0.830 bits per heavy atom. The number of piperidine rings is 2. The van der Waals surface area contributed by atoms with Gasteiger partial charge in [-0.15, -0.1) is 38.7 Å². The monoisotopic (exact) mass is 708 g/mol. The zero-order valence-corrected chi connectivity index (χ0v) is 25.1. The maximum Gasteiger partial charge on any atom is 0.573 e. The molecule has 19 heteroatoms. The van der Waals surface area contributed by atoms with Gasteiger partial charge in [-0.05, 0) is 44.4 Å². The van der Waals surface area contributed by atoms with Gasteiger partial charge in [0.05, 0.1) is 25.0 Å². The zero-order chi connectivity index (χ0) is 34.4. The Labute approximate surface area is 268 Å². The summed E-state index contributed by atoms with van der Waals surface area (Å²) in [6.45, 7) is 0.377. The number of rotatable bonds is 6. The topological polar surface area (TPSA) is 135 Å². The lowest BCUT2D eigenvalue weighted by molar-refractivity contribution is -0.275. The van der Waals surface area contributed by atoms with E-state index in [0.717, 1.165) is 23.1 Å². The summed E-state index contributed by atoms with van der Waals surface area (Å²) in [5.74, 6) is -6.04. The highest BCUT2D eigenvalue weighted by molar-refractivity contribution is 5.85. The number of carboxylic acid groups (broad SMARTS) is 2. The average molecular weight is 709 g/mol. The third kappa shape index (κ3) is 11.3. The van der Waals surface area contributed by atoms with Crippen LogP contribution >= 0.6 is 12.4 Å². The van der Waals surface area contributed by atoms with Crippen molar-refractivity contribution in [2.75, 3.05) is 20.2 Å². The van der Waals surface area contributed by atoms with Crippen LogP contribution in [0, 0.1) is 23.5 Å². The van der Waals surface area contributed by atoms with Crippen molar-refractivity contribution >= 4 is 30.4 Å². The van der Waals surface area contributed by atoms with Crippen molar-refractivity contribution in [3.8, 4) is 11.5 Å². The number of ether oxygens (including phenoxy) is 3. The minimum Gasteiger partial charge on any atom is -0.481 e. The van der Waals surface area contributed by atoms with E-state index in [1.54, 1.807) is 0 Å². The van der Waals surface area contributed by atoms with Crippen LogP contribution in [-0.2, 0) is 14.3 Å². The second-order valence-corrected chi connectivity index (χ2v) is 10.3. The van der Waals surface area contributed by atoms with Gasteiger partial charge < -0.3 is 34.6 Å². The molecule has 2 aromatic carbocycles. The average Bonchev–Trinajstić information content (AvgIpc) is 2.95. The third-order valence-corrected chi connectivity index (χ3v) is 7.28. The standard InChI is InChI=1S/C14H13F4NO5.C14H15F4NO3.ClH/c15-10-6-8(24-14(16,17)18)1-2-9(10)11-5-7(12(20)21)3-4-19(11)13(22)23;1-21-13(20)8-4-5-19-12(6-8)10-3-2-9(7-11(10)15)22-14(16,17)18;/h1-2,6-7,11H,3-5H2,(H,20,21)(H,22,23);2-3,7-8,12,19H,4-6H2,1H3;1H. The fourth-order valence-corrected chi connectivity index (χ4v) is 5.21. The number of benzene rings is 2. The van der Waals surface area contributed by atoms with Gasteiger partial charge in [-0.25, -0.2) is 13.6 Å². The molecule has 2 saturated heterocycles. The number of carbonyl (C=O) groups is 3. The van der Waals surface area contributed by atoms with Gasteiger partial charge in [0.15, 0.2) is 0 Å². The molecule has 2 heterocycles. The molecule has 0 saturated carbocycles. The minimum atomic E-state index is -4.99. The van der Waals surface area contributed by atoms with Crippen LogP contribution in [0.3, 0.4) is 0 Å². The van der Waals surface area contributed by atoms with Crippen LogP contribution < -0.4 is 14.8 Å². The summed E-state index contributed by atoms with van der Waals surface area (Å²) in [5.41, 5.74) is 0.000928. The van der Waals surface area contributed by atoms with E-state index < -0.39 is 65.9 Å². The lowest BCUT2D eigenvalue weighted by atomic mass is 9.87. The van der Waals surface area contributed by atoms with Crippen LogP contribution in [0.2, 0.25) is 0 Å². The number of hydrogen-bond donors (Lipinski definition) is 3. The lowest BCUT2D eigenvalue weighted by Crippen LogP contribution is -2.42. The molecule has 1 amide bonds. The Balaban J connectivity index is 0.000000321. The Morgan fingerprint density at radius 2 is 1.36 bits per heavy atom. The van der Waals surface area contributed by atoms with Crippen molar-refractivity contribution in [3.63, 3.8) is 0 Å². The van der Waals surface area contributed by atoms with Crippen molar-refractivity contribution in [1.82, 2.24) is 10.2 Å². The molecular weight excluding hydrogens is 680 g/mol. The van der Waals surface area contributed by atoms with Crippen LogP contribution in [0.25, 0.3) is 0 Å². The molecular formula is C28H29ClF8N2O8. The fraction of sp³-hybridized carbons (Fsp3) is 0.464. The molecule has 2 aliphatic rings. The van der Waals surface area contributed by atoms with Crippen LogP contribution in [-0.4, -0.2) is 66.1 Å². The molecule has 4 unspecified atom stereocenters. The van der Waals surface area contributed by atoms with Gasteiger partial charge >= 0.3 is 30.8 Å². The third-order valence-electron chi connectivity index (χ3n) is 7.28. The van der Waals surface area contributed by atoms with Crippen LogP contribution in [0.1, 0.15) is 48.9 Å². The summed E-state index contributed by atoms with van der Waals surface area (Å²) in [6, 6.07) is 3.73. The fourth-order valence-electron chi connectivity index (χ4n) is 5.21. The van der Waals surface area contributed by atoms with Crippen LogP contribution in [0.5, 0.6) is 11.5 Å². The molecule has 2 fully saturated rings. The number of nitrogens with one attached hydrogen (secondary N) is 1. The second-order valence-electron chi connectivity index (χ2n) is 10.3. The Kier molecular flexibility index (Phi) is 13.5. The summed E-state index contributed by atoms with van der Waals surface area (Å²) < 4.78 is 113. The zero-order valence-electron chi connectivity index (χ0n) is 24.2. The molecule has 0 bridgehead atoms. The molecule has 4 rings (SSSR count). The Hall–Kier alpha value is -4.06. The highest BCUT2D eigenvalue weighted by atomic mass is 35.5. The predicted molar refractivity (Wildman–Crippen MR) is 147 cm³/mol. The number of carbonyl (C=O) groups excluding carboxylic acids is 1. The van der Waals surface area contributed by atoms with Crippen LogP contribution in [0.4, 0.5) is 39.9 Å². The summed E-state index contributed by atoms with van der Waals surface area (Å²) in [7, 11) is 1.28. The minimum absolute atomic E-state index is 0. The second kappa shape index (κ2) is 16.2. The number of hydrogen-bond acceptors (Lipinski definition) is 7. The van der Waals surface area contributed by atoms with Gasteiger partial charge in [0, 0.05) is 35.8 Å². The number of alkyl halides is 6. The first-order valence-electron chi connectivity index (χ1n) is 13.5. The number of esters is 1. The number of aliphatic carboxylic acids is 1. The van der Waals surface area contributed by atoms with Crippen molar-refractivity contribution in [1.29, 1.82) is 0 Å². The first kappa shape index (κ1) is 39.1. The number of amides is 1.